The van der Waals surface area contributed by atoms with E-state index in [4.69, 9.17) is 10.00 Å². The van der Waals surface area contributed by atoms with Crippen LogP contribution in [-0.2, 0) is 14.3 Å². The second kappa shape index (κ2) is 5.67. The molecule has 0 bridgehead atoms. The quantitative estimate of drug-likeness (QED) is 0.790. The Balaban J connectivity index is 3.39. The zero-order valence-electron chi connectivity index (χ0n) is 11.5. The molecule has 0 aromatic carbocycles. The molecule has 0 radical (unpaired) electrons. The molecule has 1 unspecified atom stereocenters. The number of nitriles is 1. The number of carbonyl (C=O) groups excluding carboxylic acids is 2. The second-order valence-corrected chi connectivity index (χ2v) is 4.27. The molecule has 1 aliphatic heterocycles. The summed E-state index contributed by atoms with van der Waals surface area (Å²) < 4.78 is 5.52. The first-order chi connectivity index (χ1) is 8.89. The lowest BCUT2D eigenvalue weighted by Gasteiger charge is -2.37. The Bertz CT molecular complexity index is 500. The van der Waals surface area contributed by atoms with Crippen LogP contribution in [-0.4, -0.2) is 43.0 Å². The number of rotatable bonds is 4. The number of hydrogen-bond donors (Lipinski definition) is 1. The van der Waals surface area contributed by atoms with Crippen LogP contribution in [0.1, 0.15) is 13.8 Å². The lowest BCUT2D eigenvalue weighted by Crippen LogP contribution is -2.61. The van der Waals surface area contributed by atoms with Crippen molar-refractivity contribution < 1.29 is 14.3 Å². The first kappa shape index (κ1) is 14.9. The minimum atomic E-state index is -1.62. The molecule has 102 valence electrons. The molecule has 1 aliphatic rings. The van der Waals surface area contributed by atoms with E-state index in [0.29, 0.717) is 0 Å². The van der Waals surface area contributed by atoms with Crippen LogP contribution in [0.25, 0.3) is 0 Å². The van der Waals surface area contributed by atoms with Gasteiger partial charge in [-0.2, -0.15) is 5.26 Å². The molecule has 1 amide bonds. The number of carbonyl (C=O) groups is 2. The fourth-order valence-corrected chi connectivity index (χ4v) is 1.89. The molecule has 0 fully saturated rings. The molecule has 6 nitrogen and oxygen atoms in total. The summed E-state index contributed by atoms with van der Waals surface area (Å²) in [5.74, 6) is -0.721. The van der Waals surface area contributed by atoms with Gasteiger partial charge in [0.2, 0.25) is 5.72 Å². The number of likely N-dealkylation sites (N-methyl/N-ethyl adjacent to an activating group) is 1. The Kier molecular flexibility index (Phi) is 4.46. The summed E-state index contributed by atoms with van der Waals surface area (Å²) in [6.07, 6.45) is 2.91. The van der Waals surface area contributed by atoms with Crippen LogP contribution in [0, 0.1) is 11.3 Å². The Hall–Kier alpha value is -2.13. The number of nitrogens with zero attached hydrogens (tertiary/aromatic N) is 2. The molecular formula is C13H17N3O3. The number of ketones is 1. The highest BCUT2D eigenvalue weighted by Crippen LogP contribution is 2.27. The van der Waals surface area contributed by atoms with Gasteiger partial charge >= 0.3 is 0 Å². The normalized spacial score (nSPS) is 21.6. The van der Waals surface area contributed by atoms with Crippen LogP contribution < -0.4 is 5.32 Å². The number of allylic oxidation sites excluding steroid dienone is 3. The number of ether oxygens (including phenoxy) is 1. The van der Waals surface area contributed by atoms with Crippen molar-refractivity contribution in [2.45, 2.75) is 19.6 Å². The first-order valence-corrected chi connectivity index (χ1v) is 5.86. The first-order valence-electron chi connectivity index (χ1n) is 5.86. The van der Waals surface area contributed by atoms with E-state index >= 15 is 0 Å². The zero-order chi connectivity index (χ0) is 14.6. The standard InChI is InChI=1S/C13H17N3O3/c1-5-19-13(12(18)16(3)4)11(9(2)17)7-6-10(8-14)15-13/h6-7,15H,5H2,1-4H3. The van der Waals surface area contributed by atoms with Crippen molar-refractivity contribution in [3.8, 4) is 6.07 Å². The lowest BCUT2D eigenvalue weighted by atomic mass is 9.93. The minimum Gasteiger partial charge on any atom is -0.344 e. The number of dihydropyridines is 1. The third-order valence-electron chi connectivity index (χ3n) is 2.67. The van der Waals surface area contributed by atoms with Crippen molar-refractivity contribution >= 4 is 11.7 Å². The Morgan fingerprint density at radius 1 is 1.47 bits per heavy atom. The topological polar surface area (TPSA) is 82.4 Å². The van der Waals surface area contributed by atoms with Crippen molar-refractivity contribution in [2.24, 2.45) is 0 Å². The van der Waals surface area contributed by atoms with Crippen LogP contribution in [0.2, 0.25) is 0 Å². The summed E-state index contributed by atoms with van der Waals surface area (Å²) in [7, 11) is 3.12. The highest BCUT2D eigenvalue weighted by molar-refractivity contribution is 6.05. The van der Waals surface area contributed by atoms with Crippen LogP contribution in [0.3, 0.4) is 0 Å². The fraction of sp³-hybridized carbons (Fsp3) is 0.462. The van der Waals surface area contributed by atoms with E-state index in [2.05, 4.69) is 5.32 Å². The fourth-order valence-electron chi connectivity index (χ4n) is 1.89. The summed E-state index contributed by atoms with van der Waals surface area (Å²) in [5, 5.41) is 11.7. The van der Waals surface area contributed by atoms with Gasteiger partial charge in [-0.25, -0.2) is 0 Å². The van der Waals surface area contributed by atoms with Crippen molar-refractivity contribution in [2.75, 3.05) is 20.7 Å². The molecule has 1 rings (SSSR count). The van der Waals surface area contributed by atoms with E-state index in [9.17, 15) is 9.59 Å². The lowest BCUT2D eigenvalue weighted by molar-refractivity contribution is -0.155. The average Bonchev–Trinajstić information content (AvgIpc) is 2.37. The van der Waals surface area contributed by atoms with Gasteiger partial charge in [-0.15, -0.1) is 0 Å². The zero-order valence-corrected chi connectivity index (χ0v) is 11.5. The number of hydrogen-bond acceptors (Lipinski definition) is 5. The van der Waals surface area contributed by atoms with Gasteiger partial charge in [0.1, 0.15) is 11.8 Å². The van der Waals surface area contributed by atoms with Gasteiger partial charge in [0.25, 0.3) is 5.91 Å². The molecule has 19 heavy (non-hydrogen) atoms. The number of nitrogens with one attached hydrogen (secondary N) is 1. The molecule has 1 heterocycles. The predicted molar refractivity (Wildman–Crippen MR) is 68.6 cm³/mol. The van der Waals surface area contributed by atoms with Crippen molar-refractivity contribution in [3.63, 3.8) is 0 Å². The van der Waals surface area contributed by atoms with Crippen LogP contribution in [0.4, 0.5) is 0 Å². The van der Waals surface area contributed by atoms with Gasteiger partial charge in [0.15, 0.2) is 5.78 Å². The van der Waals surface area contributed by atoms with Gasteiger partial charge in [-0.3, -0.25) is 9.59 Å². The summed E-state index contributed by atoms with van der Waals surface area (Å²) in [5.41, 5.74) is -1.26. The van der Waals surface area contributed by atoms with Crippen molar-refractivity contribution in [3.05, 3.63) is 23.4 Å². The Morgan fingerprint density at radius 3 is 2.53 bits per heavy atom. The summed E-state index contributed by atoms with van der Waals surface area (Å²) in [4.78, 5) is 25.5. The smallest absolute Gasteiger partial charge is 0.280 e. The van der Waals surface area contributed by atoms with Crippen LogP contribution in [0.5, 0.6) is 0 Å². The van der Waals surface area contributed by atoms with Crippen molar-refractivity contribution in [1.82, 2.24) is 10.2 Å². The molecule has 1 N–H and O–H groups in total. The van der Waals surface area contributed by atoms with Gasteiger partial charge in [-0.05, 0) is 26.0 Å². The van der Waals surface area contributed by atoms with Gasteiger partial charge in [-0.1, -0.05) is 0 Å². The van der Waals surface area contributed by atoms with Crippen LogP contribution >= 0.6 is 0 Å². The monoisotopic (exact) mass is 263 g/mol. The summed E-state index contributed by atoms with van der Waals surface area (Å²) >= 11 is 0. The minimum absolute atomic E-state index is 0.175. The molecule has 0 saturated carbocycles. The third kappa shape index (κ3) is 2.66. The molecule has 0 saturated heterocycles. The summed E-state index contributed by atoms with van der Waals surface area (Å²) in [6, 6.07) is 1.91. The molecule has 6 heteroatoms. The summed E-state index contributed by atoms with van der Waals surface area (Å²) in [6.45, 7) is 3.29. The van der Waals surface area contributed by atoms with Gasteiger partial charge in [0.05, 0.1) is 5.57 Å². The van der Waals surface area contributed by atoms with E-state index in [1.807, 2.05) is 6.07 Å². The number of amides is 1. The maximum Gasteiger partial charge on any atom is 0.280 e. The molecule has 0 aromatic heterocycles. The molecule has 1 atom stereocenters. The third-order valence-corrected chi connectivity index (χ3v) is 2.67. The molecular weight excluding hydrogens is 246 g/mol. The molecule has 0 spiro atoms. The largest absolute Gasteiger partial charge is 0.344 e. The van der Waals surface area contributed by atoms with E-state index in [1.54, 1.807) is 21.0 Å². The predicted octanol–water partition coefficient (Wildman–Crippen LogP) is 0.333. The number of Topliss-reactive ketones (excluding diaryl/α,β-unsaturated/α-hetero) is 1. The van der Waals surface area contributed by atoms with Gasteiger partial charge in [0, 0.05) is 20.7 Å². The van der Waals surface area contributed by atoms with E-state index in [1.165, 1.54) is 24.0 Å². The highest BCUT2D eigenvalue weighted by atomic mass is 16.5. The SMILES string of the molecule is CCOC1(C(=O)N(C)C)NC(C#N)=CC=C1C(C)=O. The van der Waals surface area contributed by atoms with E-state index < -0.39 is 11.6 Å². The van der Waals surface area contributed by atoms with E-state index in [0.717, 1.165) is 0 Å². The molecule has 0 aliphatic carbocycles. The van der Waals surface area contributed by atoms with E-state index in [-0.39, 0.29) is 23.7 Å². The molecule has 0 aromatic rings. The van der Waals surface area contributed by atoms with Gasteiger partial charge < -0.3 is 15.0 Å². The van der Waals surface area contributed by atoms with Crippen molar-refractivity contribution in [1.29, 1.82) is 5.26 Å². The Morgan fingerprint density at radius 2 is 2.11 bits per heavy atom. The maximum atomic E-state index is 12.4. The highest BCUT2D eigenvalue weighted by Gasteiger charge is 2.47. The maximum absolute atomic E-state index is 12.4. The average molecular weight is 263 g/mol. The second-order valence-electron chi connectivity index (χ2n) is 4.27. The van der Waals surface area contributed by atoms with Crippen LogP contribution in [0.15, 0.2) is 23.4 Å². The Labute approximate surface area is 112 Å².